The minimum absolute atomic E-state index is 0.117. The zero-order valence-electron chi connectivity index (χ0n) is 17.9. The molecule has 1 aromatic carbocycles. The Hall–Kier alpha value is -3.10. The van der Waals surface area contributed by atoms with E-state index in [1.54, 1.807) is 27.7 Å². The van der Waals surface area contributed by atoms with Crippen LogP contribution in [0.25, 0.3) is 0 Å². The number of esters is 2. The van der Waals surface area contributed by atoms with Crippen LogP contribution in [0.2, 0.25) is 0 Å². The van der Waals surface area contributed by atoms with E-state index in [9.17, 15) is 29.3 Å². The Bertz CT molecular complexity index is 790. The van der Waals surface area contributed by atoms with Crippen LogP contribution in [0.3, 0.4) is 0 Å². The molecule has 0 heterocycles. The Kier molecular flexibility index (Phi) is 8.82. The molecule has 0 bridgehead atoms. The van der Waals surface area contributed by atoms with Gasteiger partial charge in [0.05, 0.1) is 17.1 Å². The number of hydrogen-bond donors (Lipinski definition) is 0. The van der Waals surface area contributed by atoms with E-state index in [4.69, 9.17) is 9.47 Å². The summed E-state index contributed by atoms with van der Waals surface area (Å²) in [6, 6.07) is 5.15. The molecule has 0 aliphatic rings. The summed E-state index contributed by atoms with van der Waals surface area (Å²) >= 11 is 0. The van der Waals surface area contributed by atoms with Crippen LogP contribution < -0.4 is 0 Å². The van der Waals surface area contributed by atoms with Crippen molar-refractivity contribution in [2.75, 3.05) is 0 Å². The van der Waals surface area contributed by atoms with Crippen molar-refractivity contribution in [2.24, 2.45) is 11.8 Å². The normalized spacial score (nSPS) is 13.1. The second-order valence-electron chi connectivity index (χ2n) is 7.53. The molecule has 1 aromatic rings. The highest BCUT2D eigenvalue weighted by Gasteiger charge is 2.46. The molecule has 0 fully saturated rings. The van der Waals surface area contributed by atoms with Gasteiger partial charge in [-0.25, -0.2) is 0 Å². The topological polar surface area (TPSA) is 130 Å². The summed E-state index contributed by atoms with van der Waals surface area (Å²) in [6.45, 7) is 8.64. The van der Waals surface area contributed by atoms with Gasteiger partial charge in [-0.3, -0.25) is 29.3 Å². The molecule has 0 unspecified atom stereocenters. The third kappa shape index (κ3) is 6.47. The monoisotopic (exact) mass is 421 g/mol. The van der Waals surface area contributed by atoms with E-state index in [2.05, 4.69) is 0 Å². The zero-order chi connectivity index (χ0) is 23.2. The first kappa shape index (κ1) is 24.9. The lowest BCUT2D eigenvalue weighted by atomic mass is 9.73. The molecule has 1 rings (SSSR count). The maximum Gasteiger partial charge on any atom is 0.317 e. The molecule has 0 aliphatic carbocycles. The first-order chi connectivity index (χ1) is 13.9. The Balaban J connectivity index is 3.71. The van der Waals surface area contributed by atoms with E-state index in [1.165, 1.54) is 18.2 Å². The highest BCUT2D eigenvalue weighted by molar-refractivity contribution is 6.04. The molecule has 0 radical (unpaired) electrons. The number of ketones is 2. The summed E-state index contributed by atoms with van der Waals surface area (Å²) in [5.41, 5.74) is -0.192. The number of carbonyl (C=O) groups excluding carboxylic acids is 4. The molecule has 2 atom stereocenters. The Morgan fingerprint density at radius 2 is 1.30 bits per heavy atom. The summed E-state index contributed by atoms with van der Waals surface area (Å²) in [5, 5.41) is 11.2. The summed E-state index contributed by atoms with van der Waals surface area (Å²) < 4.78 is 10.4. The number of hydrogen-bond acceptors (Lipinski definition) is 8. The highest BCUT2D eigenvalue weighted by atomic mass is 16.6. The SMILES string of the molecule is CC(=O)[C@@H](C(=O)OC(C)C)C(c1cccc([N+](=O)[O-])c1)[C@@H](C(C)=O)C(=O)OC(C)C. The lowest BCUT2D eigenvalue weighted by molar-refractivity contribution is -0.385. The van der Waals surface area contributed by atoms with Crippen LogP contribution in [0.15, 0.2) is 24.3 Å². The average molecular weight is 421 g/mol. The van der Waals surface area contributed by atoms with Crippen LogP contribution in [0.4, 0.5) is 5.69 Å². The number of carbonyl (C=O) groups is 4. The van der Waals surface area contributed by atoms with Crippen molar-refractivity contribution in [3.63, 3.8) is 0 Å². The molecule has 9 nitrogen and oxygen atoms in total. The van der Waals surface area contributed by atoms with Gasteiger partial charge in [0.2, 0.25) is 0 Å². The van der Waals surface area contributed by atoms with Crippen molar-refractivity contribution < 1.29 is 33.6 Å². The van der Waals surface area contributed by atoms with Gasteiger partial charge in [0.25, 0.3) is 5.69 Å². The van der Waals surface area contributed by atoms with Crippen molar-refractivity contribution in [1.29, 1.82) is 0 Å². The van der Waals surface area contributed by atoms with Gasteiger partial charge >= 0.3 is 11.9 Å². The molecule has 30 heavy (non-hydrogen) atoms. The van der Waals surface area contributed by atoms with Crippen LogP contribution in [0.5, 0.6) is 0 Å². The van der Waals surface area contributed by atoms with Crippen LogP contribution in [-0.2, 0) is 28.7 Å². The molecule has 0 N–H and O–H groups in total. The summed E-state index contributed by atoms with van der Waals surface area (Å²) in [6.07, 6.45) is -1.10. The largest absolute Gasteiger partial charge is 0.462 e. The third-order valence-electron chi connectivity index (χ3n) is 4.27. The number of ether oxygens (including phenoxy) is 2. The predicted molar refractivity (Wildman–Crippen MR) is 107 cm³/mol. The van der Waals surface area contributed by atoms with Gasteiger partial charge < -0.3 is 9.47 Å². The van der Waals surface area contributed by atoms with E-state index in [0.717, 1.165) is 19.9 Å². The number of Topliss-reactive ketones (excluding diaryl/α,β-unsaturated/α-hetero) is 2. The lowest BCUT2D eigenvalue weighted by Crippen LogP contribution is -2.41. The smallest absolute Gasteiger partial charge is 0.317 e. The Labute approximate surface area is 174 Å². The molecule has 0 aromatic heterocycles. The molecule has 0 amide bonds. The van der Waals surface area contributed by atoms with Crippen molar-refractivity contribution in [2.45, 2.75) is 59.7 Å². The first-order valence-corrected chi connectivity index (χ1v) is 9.53. The summed E-state index contributed by atoms with van der Waals surface area (Å²) in [4.78, 5) is 61.1. The molecular formula is C21H27NO8. The number of nitro benzene ring substituents is 1. The van der Waals surface area contributed by atoms with Crippen molar-refractivity contribution in [1.82, 2.24) is 0 Å². The molecule has 9 heteroatoms. The van der Waals surface area contributed by atoms with Crippen molar-refractivity contribution in [3.05, 3.63) is 39.9 Å². The minimum Gasteiger partial charge on any atom is -0.462 e. The Morgan fingerprint density at radius 1 is 0.867 bits per heavy atom. The van der Waals surface area contributed by atoms with Gasteiger partial charge in [0.1, 0.15) is 23.4 Å². The van der Waals surface area contributed by atoms with Gasteiger partial charge in [-0.05, 0) is 47.1 Å². The number of nitrogens with zero attached hydrogens (tertiary/aromatic N) is 1. The second kappa shape index (κ2) is 10.6. The Morgan fingerprint density at radius 3 is 1.63 bits per heavy atom. The minimum atomic E-state index is -1.52. The second-order valence-corrected chi connectivity index (χ2v) is 7.53. The molecular weight excluding hydrogens is 394 g/mol. The van der Waals surface area contributed by atoms with Gasteiger partial charge in [-0.2, -0.15) is 0 Å². The lowest BCUT2D eigenvalue weighted by Gasteiger charge is -2.30. The molecule has 0 saturated carbocycles. The quantitative estimate of drug-likeness (QED) is 0.244. The van der Waals surface area contributed by atoms with E-state index >= 15 is 0 Å². The van der Waals surface area contributed by atoms with Crippen LogP contribution in [0.1, 0.15) is 53.0 Å². The van der Waals surface area contributed by atoms with Crippen LogP contribution in [0, 0.1) is 22.0 Å². The standard InChI is InChI=1S/C21H27NO8/c1-11(2)29-20(25)17(13(5)23)19(15-8-7-9-16(10-15)22(27)28)18(14(6)24)21(26)30-12(3)4/h7-12,17-19H,1-6H3/t17-,18-/m1/s1. The number of rotatable bonds is 10. The molecule has 164 valence electrons. The van der Waals surface area contributed by atoms with Gasteiger partial charge in [-0.15, -0.1) is 0 Å². The van der Waals surface area contributed by atoms with Crippen molar-refractivity contribution in [3.8, 4) is 0 Å². The summed E-state index contributed by atoms with van der Waals surface area (Å²) in [5.74, 6) is -7.49. The van der Waals surface area contributed by atoms with E-state index < -0.39 is 58.4 Å². The van der Waals surface area contributed by atoms with Crippen LogP contribution in [-0.4, -0.2) is 40.6 Å². The van der Waals surface area contributed by atoms with E-state index in [1.807, 2.05) is 0 Å². The predicted octanol–water partition coefficient (Wildman–Crippen LogP) is 2.99. The number of nitro groups is 1. The number of benzene rings is 1. The van der Waals surface area contributed by atoms with Crippen LogP contribution >= 0.6 is 0 Å². The fourth-order valence-corrected chi connectivity index (χ4v) is 3.17. The maximum atomic E-state index is 12.8. The number of non-ortho nitro benzene ring substituents is 1. The first-order valence-electron chi connectivity index (χ1n) is 9.53. The average Bonchev–Trinajstić information content (AvgIpc) is 2.59. The molecule has 0 saturated heterocycles. The summed E-state index contributed by atoms with van der Waals surface area (Å²) in [7, 11) is 0. The van der Waals surface area contributed by atoms with E-state index in [-0.39, 0.29) is 11.3 Å². The molecule has 0 spiro atoms. The highest BCUT2D eigenvalue weighted by Crippen LogP contribution is 2.37. The fourth-order valence-electron chi connectivity index (χ4n) is 3.17. The fraction of sp³-hybridized carbons (Fsp3) is 0.524. The third-order valence-corrected chi connectivity index (χ3v) is 4.27. The van der Waals surface area contributed by atoms with Gasteiger partial charge in [0.15, 0.2) is 0 Å². The van der Waals surface area contributed by atoms with E-state index in [0.29, 0.717) is 0 Å². The zero-order valence-corrected chi connectivity index (χ0v) is 17.9. The maximum absolute atomic E-state index is 12.8. The van der Waals surface area contributed by atoms with Gasteiger partial charge in [-0.1, -0.05) is 12.1 Å². The van der Waals surface area contributed by atoms with Gasteiger partial charge in [0, 0.05) is 18.1 Å². The van der Waals surface area contributed by atoms with Crippen molar-refractivity contribution >= 4 is 29.2 Å². The molecule has 0 aliphatic heterocycles.